The van der Waals surface area contributed by atoms with Gasteiger partial charge in [-0.1, -0.05) is 0 Å². The van der Waals surface area contributed by atoms with Crippen LogP contribution in [0.25, 0.3) is 0 Å². The van der Waals surface area contributed by atoms with Gasteiger partial charge in [-0.3, -0.25) is 0 Å². The Morgan fingerprint density at radius 1 is 1.27 bits per heavy atom. The van der Waals surface area contributed by atoms with Crippen molar-refractivity contribution in [3.63, 3.8) is 0 Å². The second-order valence-electron chi connectivity index (χ2n) is 3.91. The Hall–Kier alpha value is -0.770. The van der Waals surface area contributed by atoms with E-state index in [4.69, 9.17) is 4.74 Å². The first-order chi connectivity index (χ1) is 7.20. The summed E-state index contributed by atoms with van der Waals surface area (Å²) in [7, 11) is 1.90. The molecule has 0 aliphatic carbocycles. The smallest absolute Gasteiger partial charge is 0.319 e. The van der Waals surface area contributed by atoms with Gasteiger partial charge in [-0.15, -0.1) is 0 Å². The van der Waals surface area contributed by atoms with Crippen LogP contribution in [-0.2, 0) is 4.74 Å². The van der Waals surface area contributed by atoms with Crippen molar-refractivity contribution in [1.82, 2.24) is 9.80 Å². The van der Waals surface area contributed by atoms with E-state index in [-0.39, 0.29) is 6.03 Å². The fraction of sp³-hybridized carbons (Fsp3) is 0.909. The Labute approximate surface area is 92.2 Å². The summed E-state index contributed by atoms with van der Waals surface area (Å²) in [6.07, 6.45) is 1.92. The highest BCUT2D eigenvalue weighted by Crippen LogP contribution is 2.14. The van der Waals surface area contributed by atoms with Crippen molar-refractivity contribution in [3.05, 3.63) is 0 Å². The van der Waals surface area contributed by atoms with Crippen molar-refractivity contribution in [1.29, 1.82) is 0 Å². The maximum Gasteiger partial charge on any atom is 0.319 e. The highest BCUT2D eigenvalue weighted by Gasteiger charge is 2.24. The summed E-state index contributed by atoms with van der Waals surface area (Å²) in [5.74, 6) is 0. The Kier molecular flexibility index (Phi) is 4.88. The molecule has 1 rings (SSSR count). The Morgan fingerprint density at radius 3 is 2.27 bits per heavy atom. The second-order valence-corrected chi connectivity index (χ2v) is 3.91. The Balaban J connectivity index is 2.49. The van der Waals surface area contributed by atoms with E-state index in [1.54, 1.807) is 0 Å². The summed E-state index contributed by atoms with van der Waals surface area (Å²) in [5, 5.41) is 0. The van der Waals surface area contributed by atoms with Crippen molar-refractivity contribution >= 4 is 6.03 Å². The zero-order chi connectivity index (χ0) is 11.3. The molecule has 1 aliphatic rings. The predicted molar refractivity (Wildman–Crippen MR) is 59.9 cm³/mol. The van der Waals surface area contributed by atoms with E-state index in [0.717, 1.165) is 39.1 Å². The third kappa shape index (κ3) is 3.09. The van der Waals surface area contributed by atoms with Crippen LogP contribution in [0.4, 0.5) is 4.79 Å². The van der Waals surface area contributed by atoms with Crippen LogP contribution in [-0.4, -0.2) is 55.2 Å². The molecule has 15 heavy (non-hydrogen) atoms. The van der Waals surface area contributed by atoms with Gasteiger partial charge in [-0.05, 0) is 26.7 Å². The molecule has 1 fully saturated rings. The number of ether oxygens (including phenoxy) is 1. The normalized spacial score (nSPS) is 17.5. The molecule has 0 aromatic rings. The van der Waals surface area contributed by atoms with Gasteiger partial charge in [0.25, 0.3) is 0 Å². The van der Waals surface area contributed by atoms with Crippen molar-refractivity contribution in [2.24, 2.45) is 0 Å². The lowest BCUT2D eigenvalue weighted by Crippen LogP contribution is -2.47. The van der Waals surface area contributed by atoms with Gasteiger partial charge >= 0.3 is 6.03 Å². The number of amides is 2. The van der Waals surface area contributed by atoms with Gasteiger partial charge < -0.3 is 14.5 Å². The van der Waals surface area contributed by atoms with Crippen LogP contribution in [0.3, 0.4) is 0 Å². The van der Waals surface area contributed by atoms with E-state index >= 15 is 0 Å². The van der Waals surface area contributed by atoms with E-state index in [0.29, 0.717) is 6.04 Å². The summed E-state index contributed by atoms with van der Waals surface area (Å²) in [6.45, 7) is 7.14. The minimum atomic E-state index is 0.145. The lowest BCUT2D eigenvalue weighted by atomic mass is 10.1. The molecule has 4 heteroatoms. The number of hydrogen-bond donors (Lipinski definition) is 0. The quantitative estimate of drug-likeness (QED) is 0.714. The fourth-order valence-electron chi connectivity index (χ4n) is 1.95. The first-order valence-electron chi connectivity index (χ1n) is 5.80. The van der Waals surface area contributed by atoms with Gasteiger partial charge in [-0.25, -0.2) is 4.79 Å². The maximum atomic E-state index is 12.0. The number of urea groups is 1. The number of nitrogens with zero attached hydrogens (tertiary/aromatic N) is 2. The first kappa shape index (κ1) is 12.3. The van der Waals surface area contributed by atoms with Gasteiger partial charge in [0.1, 0.15) is 0 Å². The number of carbonyl (C=O) groups excluding carboxylic acids is 1. The van der Waals surface area contributed by atoms with E-state index in [1.165, 1.54) is 0 Å². The van der Waals surface area contributed by atoms with E-state index in [2.05, 4.69) is 0 Å². The second kappa shape index (κ2) is 5.95. The van der Waals surface area contributed by atoms with Gasteiger partial charge in [0, 0.05) is 39.4 Å². The molecule has 0 bridgehead atoms. The molecule has 4 nitrogen and oxygen atoms in total. The molecule has 0 radical (unpaired) electrons. The molecule has 1 saturated heterocycles. The molecule has 0 atom stereocenters. The lowest BCUT2D eigenvalue weighted by molar-refractivity contribution is 0.0470. The summed E-state index contributed by atoms with van der Waals surface area (Å²) < 4.78 is 5.29. The summed E-state index contributed by atoms with van der Waals surface area (Å²) in [6, 6.07) is 0.499. The standard InChI is InChI=1S/C11H22N2O2/c1-4-13(5-2)11(14)12(3)10-6-8-15-9-7-10/h10H,4-9H2,1-3H3. The topological polar surface area (TPSA) is 32.8 Å². The predicted octanol–water partition coefficient (Wildman–Crippen LogP) is 1.56. The monoisotopic (exact) mass is 214 g/mol. The SMILES string of the molecule is CCN(CC)C(=O)N(C)C1CCOCC1. The molecular formula is C11H22N2O2. The highest BCUT2D eigenvalue weighted by atomic mass is 16.5. The molecule has 88 valence electrons. The average molecular weight is 214 g/mol. The number of rotatable bonds is 3. The van der Waals surface area contributed by atoms with Crippen LogP contribution < -0.4 is 0 Å². The fourth-order valence-corrected chi connectivity index (χ4v) is 1.95. The van der Waals surface area contributed by atoms with E-state index in [1.807, 2.05) is 30.7 Å². The molecule has 0 N–H and O–H groups in total. The molecule has 2 amide bonds. The van der Waals surface area contributed by atoms with Crippen LogP contribution in [0.5, 0.6) is 0 Å². The third-order valence-corrected chi connectivity index (χ3v) is 3.07. The van der Waals surface area contributed by atoms with Crippen LogP contribution in [0.15, 0.2) is 0 Å². The average Bonchev–Trinajstić information content (AvgIpc) is 2.30. The molecular weight excluding hydrogens is 192 g/mol. The van der Waals surface area contributed by atoms with Crippen LogP contribution >= 0.6 is 0 Å². The Bertz CT molecular complexity index is 199. The van der Waals surface area contributed by atoms with Gasteiger partial charge in [0.05, 0.1) is 0 Å². The maximum absolute atomic E-state index is 12.0. The molecule has 1 aliphatic heterocycles. The van der Waals surface area contributed by atoms with Crippen molar-refractivity contribution < 1.29 is 9.53 Å². The van der Waals surface area contributed by atoms with Gasteiger partial charge in [0.2, 0.25) is 0 Å². The van der Waals surface area contributed by atoms with Gasteiger partial charge in [-0.2, -0.15) is 0 Å². The van der Waals surface area contributed by atoms with Crippen LogP contribution in [0.1, 0.15) is 26.7 Å². The highest BCUT2D eigenvalue weighted by molar-refractivity contribution is 5.74. The molecule has 0 spiro atoms. The van der Waals surface area contributed by atoms with Crippen molar-refractivity contribution in [2.45, 2.75) is 32.7 Å². The van der Waals surface area contributed by atoms with E-state index < -0.39 is 0 Å². The Morgan fingerprint density at radius 2 is 1.80 bits per heavy atom. The lowest BCUT2D eigenvalue weighted by Gasteiger charge is -2.34. The molecule has 0 unspecified atom stereocenters. The first-order valence-corrected chi connectivity index (χ1v) is 5.80. The van der Waals surface area contributed by atoms with Crippen molar-refractivity contribution in [3.8, 4) is 0 Å². The van der Waals surface area contributed by atoms with E-state index in [9.17, 15) is 4.79 Å². The summed E-state index contributed by atoms with van der Waals surface area (Å²) in [4.78, 5) is 15.7. The summed E-state index contributed by atoms with van der Waals surface area (Å²) >= 11 is 0. The minimum Gasteiger partial charge on any atom is -0.381 e. The van der Waals surface area contributed by atoms with Crippen LogP contribution in [0, 0.1) is 0 Å². The van der Waals surface area contributed by atoms with Gasteiger partial charge in [0.15, 0.2) is 0 Å². The molecule has 0 aromatic heterocycles. The number of carbonyl (C=O) groups is 1. The third-order valence-electron chi connectivity index (χ3n) is 3.07. The van der Waals surface area contributed by atoms with Crippen molar-refractivity contribution in [2.75, 3.05) is 33.4 Å². The molecule has 1 heterocycles. The number of hydrogen-bond acceptors (Lipinski definition) is 2. The van der Waals surface area contributed by atoms with Crippen LogP contribution in [0.2, 0.25) is 0 Å². The minimum absolute atomic E-state index is 0.145. The molecule has 0 aromatic carbocycles. The largest absolute Gasteiger partial charge is 0.381 e. The summed E-state index contributed by atoms with van der Waals surface area (Å²) in [5.41, 5.74) is 0. The zero-order valence-corrected chi connectivity index (χ0v) is 10.0. The molecule has 0 saturated carbocycles. The zero-order valence-electron chi connectivity index (χ0n) is 10.0.